The van der Waals surface area contributed by atoms with E-state index in [0.717, 1.165) is 23.9 Å². The van der Waals surface area contributed by atoms with Crippen LogP contribution in [0.2, 0.25) is 5.02 Å². The van der Waals surface area contributed by atoms with Crippen LogP contribution in [0, 0.1) is 0 Å². The average Bonchev–Trinajstić information content (AvgIpc) is 3.31. The highest BCUT2D eigenvalue weighted by molar-refractivity contribution is 7.92. The number of fused-ring (bicyclic) bond motifs is 1. The lowest BCUT2D eigenvalue weighted by Gasteiger charge is -2.26. The second kappa shape index (κ2) is 12.7. The van der Waals surface area contributed by atoms with Crippen LogP contribution in [-0.4, -0.2) is 75.3 Å². The zero-order valence-electron chi connectivity index (χ0n) is 21.9. The molecule has 4 aromatic rings. The number of rotatable bonds is 10. The predicted octanol–water partition coefficient (Wildman–Crippen LogP) is 4.74. The minimum Gasteiger partial charge on any atom is -0.493 e. The van der Waals surface area contributed by atoms with Crippen molar-refractivity contribution in [2.45, 2.75) is 4.90 Å². The smallest absolute Gasteiger partial charge is 0.285 e. The van der Waals surface area contributed by atoms with Crippen LogP contribution >= 0.6 is 11.6 Å². The standard InChI is InChI=1S/C28H28ClN5O6S/c29-20-5-7-21(8-6-20)34(19-26(35)31-32-27-24-3-1-2-4-25(24)30-28(27)36)41(37,38)23-11-9-22(10-12-23)40-18-15-33-13-16-39-17-14-33/h1-12,30,36H,13-19H2. The van der Waals surface area contributed by atoms with Gasteiger partial charge in [0.2, 0.25) is 5.88 Å². The molecular formula is C28H28ClN5O6S. The Kier molecular flexibility index (Phi) is 8.84. The van der Waals surface area contributed by atoms with Gasteiger partial charge in [-0.15, -0.1) is 10.2 Å². The van der Waals surface area contributed by atoms with Gasteiger partial charge in [-0.1, -0.05) is 29.8 Å². The topological polar surface area (TPSA) is 137 Å². The molecule has 0 atom stereocenters. The van der Waals surface area contributed by atoms with E-state index in [0.29, 0.717) is 41.5 Å². The average molecular weight is 598 g/mol. The van der Waals surface area contributed by atoms with Crippen molar-refractivity contribution in [3.8, 4) is 11.6 Å². The normalized spacial score (nSPS) is 14.5. The summed E-state index contributed by atoms with van der Waals surface area (Å²) in [5.74, 6) is -0.563. The van der Waals surface area contributed by atoms with Crippen molar-refractivity contribution < 1.29 is 27.8 Å². The fourth-order valence-electron chi connectivity index (χ4n) is 4.35. The summed E-state index contributed by atoms with van der Waals surface area (Å²) < 4.78 is 39.5. The molecule has 3 aromatic carbocycles. The highest BCUT2D eigenvalue weighted by atomic mass is 35.5. The molecule has 0 saturated carbocycles. The maximum absolute atomic E-state index is 13.7. The number of halogens is 1. The third kappa shape index (κ3) is 6.85. The number of anilines is 1. The molecular weight excluding hydrogens is 570 g/mol. The summed E-state index contributed by atoms with van der Waals surface area (Å²) in [7, 11) is -4.20. The van der Waals surface area contributed by atoms with Crippen molar-refractivity contribution in [1.29, 1.82) is 0 Å². The summed E-state index contributed by atoms with van der Waals surface area (Å²) in [6.45, 7) is 3.66. The molecule has 0 aliphatic carbocycles. The molecule has 41 heavy (non-hydrogen) atoms. The molecule has 1 amide bonds. The summed E-state index contributed by atoms with van der Waals surface area (Å²) in [4.78, 5) is 17.9. The number of ether oxygens (including phenoxy) is 2. The van der Waals surface area contributed by atoms with Gasteiger partial charge >= 0.3 is 0 Å². The van der Waals surface area contributed by atoms with Gasteiger partial charge in [0, 0.05) is 30.0 Å². The van der Waals surface area contributed by atoms with Crippen molar-refractivity contribution in [2.75, 3.05) is 50.3 Å². The SMILES string of the molecule is O=C(CN(c1ccc(Cl)cc1)S(=O)(=O)c1ccc(OCCN2CCOCC2)cc1)N=Nc1c(O)[nH]c2ccccc12. The van der Waals surface area contributed by atoms with Crippen molar-refractivity contribution in [1.82, 2.24) is 9.88 Å². The van der Waals surface area contributed by atoms with Crippen LogP contribution in [-0.2, 0) is 19.6 Å². The van der Waals surface area contributed by atoms with Gasteiger partial charge in [0.25, 0.3) is 15.9 Å². The molecule has 1 aliphatic heterocycles. The number of aromatic nitrogens is 1. The largest absolute Gasteiger partial charge is 0.493 e. The Hall–Kier alpha value is -3.97. The van der Waals surface area contributed by atoms with Crippen LogP contribution in [0.1, 0.15) is 0 Å². The van der Waals surface area contributed by atoms with E-state index in [-0.39, 0.29) is 22.2 Å². The van der Waals surface area contributed by atoms with E-state index < -0.39 is 22.5 Å². The summed E-state index contributed by atoms with van der Waals surface area (Å²) in [6.07, 6.45) is 0. The number of hydrogen-bond acceptors (Lipinski definition) is 8. The van der Waals surface area contributed by atoms with Crippen LogP contribution in [0.5, 0.6) is 11.6 Å². The van der Waals surface area contributed by atoms with Crippen molar-refractivity contribution in [2.24, 2.45) is 10.2 Å². The molecule has 0 bridgehead atoms. The second-order valence-electron chi connectivity index (χ2n) is 9.22. The summed E-state index contributed by atoms with van der Waals surface area (Å²) in [5.41, 5.74) is 0.920. The minimum absolute atomic E-state index is 0.0352. The lowest BCUT2D eigenvalue weighted by molar-refractivity contribution is -0.116. The molecule has 0 spiro atoms. The highest BCUT2D eigenvalue weighted by Crippen LogP contribution is 2.35. The Balaban J connectivity index is 1.33. The number of hydrogen-bond donors (Lipinski definition) is 2. The van der Waals surface area contributed by atoms with E-state index >= 15 is 0 Å². The molecule has 1 saturated heterocycles. The third-order valence-corrected chi connectivity index (χ3v) is 8.55. The van der Waals surface area contributed by atoms with Crippen molar-refractivity contribution in [3.05, 3.63) is 77.8 Å². The minimum atomic E-state index is -4.20. The number of aromatic amines is 1. The summed E-state index contributed by atoms with van der Waals surface area (Å²) >= 11 is 6.01. The number of nitrogens with zero attached hydrogens (tertiary/aromatic N) is 4. The van der Waals surface area contributed by atoms with Crippen LogP contribution in [0.3, 0.4) is 0 Å². The third-order valence-electron chi connectivity index (χ3n) is 6.51. The van der Waals surface area contributed by atoms with Gasteiger partial charge in [-0.05, 0) is 54.6 Å². The maximum atomic E-state index is 13.7. The van der Waals surface area contributed by atoms with Gasteiger partial charge in [0.05, 0.1) is 29.3 Å². The van der Waals surface area contributed by atoms with E-state index in [1.807, 2.05) is 0 Å². The first-order valence-corrected chi connectivity index (χ1v) is 14.7. The number of azo groups is 1. The first kappa shape index (κ1) is 28.6. The Bertz CT molecular complexity index is 1640. The first-order valence-electron chi connectivity index (χ1n) is 12.9. The van der Waals surface area contributed by atoms with Gasteiger partial charge in [0.1, 0.15) is 18.9 Å². The molecule has 214 valence electrons. The maximum Gasteiger partial charge on any atom is 0.285 e. The number of amides is 1. The monoisotopic (exact) mass is 597 g/mol. The van der Waals surface area contributed by atoms with Crippen LogP contribution in [0.15, 0.2) is 87.9 Å². The Morgan fingerprint density at radius 1 is 1.05 bits per heavy atom. The number of H-pyrrole nitrogens is 1. The van der Waals surface area contributed by atoms with E-state index in [9.17, 15) is 18.3 Å². The number of aromatic hydroxyl groups is 1. The van der Waals surface area contributed by atoms with Crippen LogP contribution < -0.4 is 9.04 Å². The van der Waals surface area contributed by atoms with Gasteiger partial charge in [0.15, 0.2) is 5.69 Å². The summed E-state index contributed by atoms with van der Waals surface area (Å²) in [6, 6.07) is 19.1. The highest BCUT2D eigenvalue weighted by Gasteiger charge is 2.27. The van der Waals surface area contributed by atoms with E-state index in [1.165, 1.54) is 36.4 Å². The van der Waals surface area contributed by atoms with Crippen LogP contribution in [0.4, 0.5) is 11.4 Å². The number of benzene rings is 3. The number of carbonyl (C=O) groups excluding carboxylic acids is 1. The summed E-state index contributed by atoms with van der Waals surface area (Å²) in [5, 5.41) is 18.8. The fraction of sp³-hybridized carbons (Fsp3) is 0.250. The fourth-order valence-corrected chi connectivity index (χ4v) is 5.89. The molecule has 5 rings (SSSR count). The van der Waals surface area contributed by atoms with E-state index in [4.69, 9.17) is 21.1 Å². The molecule has 13 heteroatoms. The van der Waals surface area contributed by atoms with Crippen LogP contribution in [0.25, 0.3) is 10.9 Å². The predicted molar refractivity (Wildman–Crippen MR) is 155 cm³/mol. The molecule has 2 N–H and O–H groups in total. The molecule has 1 aromatic heterocycles. The zero-order valence-corrected chi connectivity index (χ0v) is 23.5. The van der Waals surface area contributed by atoms with Crippen molar-refractivity contribution >= 4 is 49.8 Å². The number of morpholine rings is 1. The number of nitrogens with one attached hydrogen (secondary N) is 1. The first-order chi connectivity index (χ1) is 19.8. The second-order valence-corrected chi connectivity index (χ2v) is 11.5. The van der Waals surface area contributed by atoms with E-state index in [1.54, 1.807) is 36.4 Å². The molecule has 11 nitrogen and oxygen atoms in total. The van der Waals surface area contributed by atoms with Gasteiger partial charge in [-0.25, -0.2) is 8.42 Å². The molecule has 1 fully saturated rings. The van der Waals surface area contributed by atoms with Gasteiger partial charge in [-0.3, -0.25) is 14.0 Å². The number of sulfonamides is 1. The lowest BCUT2D eigenvalue weighted by Crippen LogP contribution is -2.38. The lowest BCUT2D eigenvalue weighted by atomic mass is 10.2. The van der Waals surface area contributed by atoms with Crippen molar-refractivity contribution in [3.63, 3.8) is 0 Å². The Labute approximate surface area is 242 Å². The Morgan fingerprint density at radius 2 is 1.76 bits per heavy atom. The molecule has 0 unspecified atom stereocenters. The van der Waals surface area contributed by atoms with Gasteiger partial charge < -0.3 is 19.6 Å². The number of carbonyl (C=O) groups is 1. The van der Waals surface area contributed by atoms with Gasteiger partial charge in [-0.2, -0.15) is 0 Å². The Morgan fingerprint density at radius 3 is 2.49 bits per heavy atom. The zero-order chi connectivity index (χ0) is 28.8. The molecule has 2 heterocycles. The molecule has 1 aliphatic rings. The van der Waals surface area contributed by atoms with E-state index in [2.05, 4.69) is 20.1 Å². The molecule has 0 radical (unpaired) electrons. The number of para-hydroxylation sites is 1. The quantitative estimate of drug-likeness (QED) is 0.252.